The predicted molar refractivity (Wildman–Crippen MR) is 95.5 cm³/mol. The highest BCUT2D eigenvalue weighted by molar-refractivity contribution is 5.94. The van der Waals surface area contributed by atoms with Crippen LogP contribution in [-0.2, 0) is 0 Å². The lowest BCUT2D eigenvalue weighted by Crippen LogP contribution is -2.34. The maximum atomic E-state index is 12.8. The Balaban J connectivity index is 1.47. The lowest BCUT2D eigenvalue weighted by molar-refractivity contribution is 0.0898. The number of hydrogen-bond donors (Lipinski definition) is 2. The van der Waals surface area contributed by atoms with Crippen molar-refractivity contribution in [2.24, 2.45) is 0 Å². The third kappa shape index (κ3) is 4.75. The van der Waals surface area contributed by atoms with Crippen molar-refractivity contribution in [3.63, 3.8) is 0 Å². The molecule has 1 heterocycles. The Labute approximate surface area is 154 Å². The molecule has 3 rings (SSSR count). The minimum atomic E-state index is -0.531. The molecule has 8 heteroatoms. The maximum absolute atomic E-state index is 12.8. The summed E-state index contributed by atoms with van der Waals surface area (Å²) in [5, 5.41) is 8.99. The summed E-state index contributed by atoms with van der Waals surface area (Å²) in [6.45, 7) is 2.34. The van der Waals surface area contributed by atoms with Gasteiger partial charge in [-0.3, -0.25) is 9.59 Å². The first-order valence-electron chi connectivity index (χ1n) is 8.25. The van der Waals surface area contributed by atoms with Crippen LogP contribution >= 0.6 is 0 Å². The number of halogens is 1. The lowest BCUT2D eigenvalue weighted by Gasteiger charge is -2.05. The van der Waals surface area contributed by atoms with Crippen molar-refractivity contribution in [1.29, 1.82) is 0 Å². The molecular formula is C19H17FN4O3. The molecule has 0 atom stereocenters. The minimum Gasteiger partial charge on any atom is -0.350 e. The Hall–Kier alpha value is -3.55. The highest BCUT2D eigenvalue weighted by Gasteiger charge is 2.15. The van der Waals surface area contributed by atoms with Gasteiger partial charge in [0.2, 0.25) is 5.82 Å². The highest BCUT2D eigenvalue weighted by atomic mass is 19.1. The van der Waals surface area contributed by atoms with Crippen molar-refractivity contribution in [3.05, 3.63) is 71.4 Å². The number of carbonyl (C=O) groups is 2. The van der Waals surface area contributed by atoms with Crippen LogP contribution in [0.25, 0.3) is 11.4 Å². The number of rotatable bonds is 6. The van der Waals surface area contributed by atoms with Gasteiger partial charge < -0.3 is 15.2 Å². The Morgan fingerprint density at radius 2 is 1.59 bits per heavy atom. The van der Waals surface area contributed by atoms with Crippen LogP contribution in [0, 0.1) is 12.7 Å². The summed E-state index contributed by atoms with van der Waals surface area (Å²) in [7, 11) is 0. The van der Waals surface area contributed by atoms with E-state index >= 15 is 0 Å². The Bertz CT molecular complexity index is 936. The number of hydrogen-bond acceptors (Lipinski definition) is 5. The van der Waals surface area contributed by atoms with Crippen LogP contribution in [0.1, 0.15) is 26.6 Å². The van der Waals surface area contributed by atoms with Gasteiger partial charge in [-0.25, -0.2) is 4.39 Å². The van der Waals surface area contributed by atoms with Crippen molar-refractivity contribution in [1.82, 2.24) is 20.8 Å². The largest absolute Gasteiger partial charge is 0.350 e. The first kappa shape index (κ1) is 18.2. The fourth-order valence-electron chi connectivity index (χ4n) is 2.27. The molecule has 138 valence electrons. The second-order valence-electron chi connectivity index (χ2n) is 5.81. The summed E-state index contributed by atoms with van der Waals surface area (Å²) >= 11 is 0. The van der Waals surface area contributed by atoms with Gasteiger partial charge in [0.05, 0.1) is 0 Å². The first-order chi connectivity index (χ1) is 13.0. The van der Waals surface area contributed by atoms with Crippen LogP contribution < -0.4 is 10.6 Å². The molecule has 0 fully saturated rings. The molecule has 2 amide bonds. The van der Waals surface area contributed by atoms with Gasteiger partial charge in [0.15, 0.2) is 0 Å². The van der Waals surface area contributed by atoms with Crippen molar-refractivity contribution in [2.75, 3.05) is 13.1 Å². The zero-order valence-corrected chi connectivity index (χ0v) is 14.5. The Morgan fingerprint density at radius 3 is 2.26 bits per heavy atom. The molecule has 0 saturated heterocycles. The van der Waals surface area contributed by atoms with Gasteiger partial charge in [0.25, 0.3) is 5.91 Å². The molecule has 0 aliphatic rings. The number of amides is 2. The molecule has 0 bridgehead atoms. The third-order valence-electron chi connectivity index (χ3n) is 3.73. The van der Waals surface area contributed by atoms with E-state index in [0.717, 1.165) is 11.1 Å². The average molecular weight is 368 g/mol. The monoisotopic (exact) mass is 368 g/mol. The van der Waals surface area contributed by atoms with Gasteiger partial charge >= 0.3 is 11.8 Å². The van der Waals surface area contributed by atoms with Gasteiger partial charge in [-0.15, -0.1) is 0 Å². The standard InChI is InChI=1S/C19H17FN4O3/c1-12-2-4-13(5-3-12)16-23-19(27-24-16)18(26)22-11-10-21-17(25)14-6-8-15(20)9-7-14/h2-9H,10-11H2,1H3,(H,21,25)(H,22,26). The van der Waals surface area contributed by atoms with Crippen LogP contribution in [0.2, 0.25) is 0 Å². The number of carbonyl (C=O) groups excluding carboxylic acids is 2. The average Bonchev–Trinajstić information content (AvgIpc) is 3.16. The van der Waals surface area contributed by atoms with E-state index in [4.69, 9.17) is 4.52 Å². The predicted octanol–water partition coefficient (Wildman–Crippen LogP) is 2.34. The second kappa shape index (κ2) is 8.22. The molecule has 0 aliphatic heterocycles. The maximum Gasteiger partial charge on any atom is 0.316 e. The topological polar surface area (TPSA) is 97.1 Å². The second-order valence-corrected chi connectivity index (χ2v) is 5.81. The smallest absolute Gasteiger partial charge is 0.316 e. The highest BCUT2D eigenvalue weighted by Crippen LogP contribution is 2.16. The van der Waals surface area contributed by atoms with Crippen molar-refractivity contribution in [3.8, 4) is 11.4 Å². The molecule has 7 nitrogen and oxygen atoms in total. The molecule has 0 radical (unpaired) electrons. The summed E-state index contributed by atoms with van der Waals surface area (Å²) in [5.74, 6) is -1.14. The van der Waals surface area contributed by atoms with E-state index in [1.807, 2.05) is 31.2 Å². The number of benzene rings is 2. The number of nitrogens with one attached hydrogen (secondary N) is 2. The molecule has 0 saturated carbocycles. The fraction of sp³-hybridized carbons (Fsp3) is 0.158. The van der Waals surface area contributed by atoms with E-state index < -0.39 is 11.7 Å². The first-order valence-corrected chi connectivity index (χ1v) is 8.25. The van der Waals surface area contributed by atoms with Crippen molar-refractivity contribution in [2.45, 2.75) is 6.92 Å². The summed E-state index contributed by atoms with van der Waals surface area (Å²) in [4.78, 5) is 28.0. The third-order valence-corrected chi connectivity index (χ3v) is 3.73. The van der Waals surface area contributed by atoms with Crippen LogP contribution in [0.15, 0.2) is 53.1 Å². The zero-order valence-electron chi connectivity index (χ0n) is 14.5. The van der Waals surface area contributed by atoms with E-state index in [2.05, 4.69) is 20.8 Å². The molecular weight excluding hydrogens is 351 g/mol. The minimum absolute atomic E-state index is 0.157. The summed E-state index contributed by atoms with van der Waals surface area (Å²) in [6.07, 6.45) is 0. The molecule has 2 N–H and O–H groups in total. The normalized spacial score (nSPS) is 10.4. The number of nitrogens with zero attached hydrogens (tertiary/aromatic N) is 2. The van der Waals surface area contributed by atoms with Crippen LogP contribution in [-0.4, -0.2) is 35.0 Å². The van der Waals surface area contributed by atoms with E-state index in [-0.39, 0.29) is 24.9 Å². The zero-order chi connectivity index (χ0) is 19.2. The van der Waals surface area contributed by atoms with E-state index in [9.17, 15) is 14.0 Å². The van der Waals surface area contributed by atoms with Gasteiger partial charge in [0, 0.05) is 24.2 Å². The molecule has 0 spiro atoms. The van der Waals surface area contributed by atoms with Crippen molar-refractivity contribution >= 4 is 11.8 Å². The molecule has 27 heavy (non-hydrogen) atoms. The van der Waals surface area contributed by atoms with Gasteiger partial charge in [-0.05, 0) is 31.2 Å². The Kier molecular flexibility index (Phi) is 5.55. The van der Waals surface area contributed by atoms with E-state index in [1.54, 1.807) is 0 Å². The SMILES string of the molecule is Cc1ccc(-c2noc(C(=O)NCCNC(=O)c3ccc(F)cc3)n2)cc1. The quantitative estimate of drug-likeness (QED) is 0.651. The number of aromatic nitrogens is 2. The van der Waals surface area contributed by atoms with Gasteiger partial charge in [0.1, 0.15) is 5.82 Å². The van der Waals surface area contributed by atoms with E-state index in [0.29, 0.717) is 11.4 Å². The van der Waals surface area contributed by atoms with Gasteiger partial charge in [-0.2, -0.15) is 4.98 Å². The van der Waals surface area contributed by atoms with Crippen LogP contribution in [0.5, 0.6) is 0 Å². The molecule has 3 aromatic rings. The number of aryl methyl sites for hydroxylation is 1. The molecule has 0 aliphatic carbocycles. The molecule has 1 aromatic heterocycles. The van der Waals surface area contributed by atoms with Gasteiger partial charge in [-0.1, -0.05) is 35.0 Å². The molecule has 0 unspecified atom stereocenters. The van der Waals surface area contributed by atoms with Crippen LogP contribution in [0.3, 0.4) is 0 Å². The lowest BCUT2D eigenvalue weighted by atomic mass is 10.1. The van der Waals surface area contributed by atoms with Crippen LogP contribution in [0.4, 0.5) is 4.39 Å². The summed E-state index contributed by atoms with van der Waals surface area (Å²) < 4.78 is 17.8. The van der Waals surface area contributed by atoms with E-state index in [1.165, 1.54) is 24.3 Å². The fourth-order valence-corrected chi connectivity index (χ4v) is 2.27. The summed E-state index contributed by atoms with van der Waals surface area (Å²) in [6, 6.07) is 12.7. The summed E-state index contributed by atoms with van der Waals surface area (Å²) in [5.41, 5.74) is 2.18. The van der Waals surface area contributed by atoms with Crippen molar-refractivity contribution < 1.29 is 18.5 Å². The Morgan fingerprint density at radius 1 is 0.963 bits per heavy atom. The molecule has 2 aromatic carbocycles.